The Balaban J connectivity index is 2.30. The van der Waals surface area contributed by atoms with Gasteiger partial charge in [0.1, 0.15) is 0 Å². The molecule has 2 aromatic rings. The topological polar surface area (TPSA) is 29.9 Å². The number of thiophene rings is 1. The van der Waals surface area contributed by atoms with Crippen molar-refractivity contribution in [3.8, 4) is 0 Å². The van der Waals surface area contributed by atoms with Crippen molar-refractivity contribution in [3.63, 3.8) is 0 Å². The van der Waals surface area contributed by atoms with Gasteiger partial charge in [-0.1, -0.05) is 18.5 Å². The van der Waals surface area contributed by atoms with E-state index in [1.54, 1.807) is 11.3 Å². The molecule has 1 atom stereocenters. The van der Waals surface area contributed by atoms with Gasteiger partial charge in [-0.2, -0.15) is 5.10 Å². The van der Waals surface area contributed by atoms with E-state index >= 15 is 0 Å². The van der Waals surface area contributed by atoms with Crippen LogP contribution < -0.4 is 5.32 Å². The quantitative estimate of drug-likeness (QED) is 0.876. The Labute approximate surface area is 117 Å². The zero-order valence-electron chi connectivity index (χ0n) is 10.7. The summed E-state index contributed by atoms with van der Waals surface area (Å²) in [6.07, 6.45) is 2.96. The molecule has 0 spiro atoms. The van der Waals surface area contributed by atoms with Crippen molar-refractivity contribution >= 4 is 22.9 Å². The summed E-state index contributed by atoms with van der Waals surface area (Å²) >= 11 is 7.67. The van der Waals surface area contributed by atoms with Crippen LogP contribution in [0.15, 0.2) is 24.4 Å². The summed E-state index contributed by atoms with van der Waals surface area (Å²) in [5.41, 5.74) is 1.20. The molecule has 2 aromatic heterocycles. The van der Waals surface area contributed by atoms with E-state index in [0.717, 1.165) is 23.8 Å². The SMILES string of the molecule is CCCNC(c1ccc(Cl)s1)c1ccnn1CC. The van der Waals surface area contributed by atoms with Gasteiger partial charge in [0.05, 0.1) is 16.1 Å². The van der Waals surface area contributed by atoms with Gasteiger partial charge in [0.2, 0.25) is 0 Å². The average Bonchev–Trinajstić information content (AvgIpc) is 2.99. The highest BCUT2D eigenvalue weighted by Crippen LogP contribution is 2.30. The molecule has 0 saturated carbocycles. The Morgan fingerprint density at radius 3 is 2.83 bits per heavy atom. The summed E-state index contributed by atoms with van der Waals surface area (Å²) in [4.78, 5) is 1.24. The van der Waals surface area contributed by atoms with Gasteiger partial charge < -0.3 is 5.32 Å². The predicted octanol–water partition coefficient (Wildman–Crippen LogP) is 3.71. The van der Waals surface area contributed by atoms with Gasteiger partial charge >= 0.3 is 0 Å². The van der Waals surface area contributed by atoms with Crippen molar-refractivity contribution in [1.29, 1.82) is 0 Å². The minimum Gasteiger partial charge on any atom is -0.304 e. The zero-order valence-corrected chi connectivity index (χ0v) is 12.3. The van der Waals surface area contributed by atoms with E-state index in [4.69, 9.17) is 11.6 Å². The molecule has 3 nitrogen and oxygen atoms in total. The van der Waals surface area contributed by atoms with Crippen LogP contribution in [0.4, 0.5) is 0 Å². The number of aromatic nitrogens is 2. The van der Waals surface area contributed by atoms with E-state index in [9.17, 15) is 0 Å². The van der Waals surface area contributed by atoms with Crippen LogP contribution in [0, 0.1) is 0 Å². The van der Waals surface area contributed by atoms with Crippen molar-refractivity contribution in [1.82, 2.24) is 15.1 Å². The largest absolute Gasteiger partial charge is 0.304 e. The normalized spacial score (nSPS) is 12.8. The Kier molecular flexibility index (Phi) is 4.80. The fraction of sp³-hybridized carbons (Fsp3) is 0.462. The fourth-order valence-electron chi connectivity index (χ4n) is 1.98. The van der Waals surface area contributed by atoms with E-state index in [1.807, 2.05) is 16.9 Å². The standard InChI is InChI=1S/C13H18ClN3S/c1-3-8-15-13(11-5-6-12(14)18-11)10-7-9-16-17(10)4-2/h5-7,9,13,15H,3-4,8H2,1-2H3. The lowest BCUT2D eigenvalue weighted by atomic mass is 10.1. The minimum atomic E-state index is 0.185. The second-order valence-electron chi connectivity index (χ2n) is 4.10. The van der Waals surface area contributed by atoms with Crippen LogP contribution in [0.3, 0.4) is 0 Å². The Morgan fingerprint density at radius 1 is 1.39 bits per heavy atom. The van der Waals surface area contributed by atoms with Gasteiger partial charge in [-0.05, 0) is 38.1 Å². The van der Waals surface area contributed by atoms with Crippen LogP contribution in [0.1, 0.15) is 36.9 Å². The highest BCUT2D eigenvalue weighted by molar-refractivity contribution is 7.16. The molecule has 2 heterocycles. The number of hydrogen-bond acceptors (Lipinski definition) is 3. The molecule has 0 aromatic carbocycles. The summed E-state index contributed by atoms with van der Waals surface area (Å²) in [7, 11) is 0. The van der Waals surface area contributed by atoms with Gasteiger partial charge in [0.15, 0.2) is 0 Å². The summed E-state index contributed by atoms with van der Waals surface area (Å²) in [6, 6.07) is 6.30. The number of nitrogens with one attached hydrogen (secondary N) is 1. The second-order valence-corrected chi connectivity index (χ2v) is 5.85. The lowest BCUT2D eigenvalue weighted by Gasteiger charge is -2.18. The first-order chi connectivity index (χ1) is 8.76. The first kappa shape index (κ1) is 13.6. The van der Waals surface area contributed by atoms with Gasteiger partial charge in [-0.25, -0.2) is 0 Å². The molecule has 1 unspecified atom stereocenters. The molecule has 0 radical (unpaired) electrons. The molecule has 0 bridgehead atoms. The molecule has 0 aliphatic carbocycles. The van der Waals surface area contributed by atoms with Crippen LogP contribution in [0.25, 0.3) is 0 Å². The second kappa shape index (κ2) is 6.36. The molecular weight excluding hydrogens is 266 g/mol. The van der Waals surface area contributed by atoms with Crippen molar-refractivity contribution in [2.45, 2.75) is 32.9 Å². The van der Waals surface area contributed by atoms with Crippen molar-refractivity contribution < 1.29 is 0 Å². The lowest BCUT2D eigenvalue weighted by Crippen LogP contribution is -2.25. The Bertz CT molecular complexity index is 492. The lowest BCUT2D eigenvalue weighted by molar-refractivity contribution is 0.534. The molecule has 18 heavy (non-hydrogen) atoms. The molecule has 5 heteroatoms. The number of halogens is 1. The number of nitrogens with zero attached hydrogens (tertiary/aromatic N) is 2. The monoisotopic (exact) mass is 283 g/mol. The summed E-state index contributed by atoms with van der Waals surface area (Å²) in [5.74, 6) is 0. The highest BCUT2D eigenvalue weighted by atomic mass is 35.5. The number of aryl methyl sites for hydroxylation is 1. The van der Waals surface area contributed by atoms with Crippen LogP contribution in [-0.4, -0.2) is 16.3 Å². The van der Waals surface area contributed by atoms with Crippen LogP contribution in [0.5, 0.6) is 0 Å². The van der Waals surface area contributed by atoms with E-state index in [1.165, 1.54) is 10.6 Å². The van der Waals surface area contributed by atoms with Gasteiger partial charge in [-0.15, -0.1) is 11.3 Å². The van der Waals surface area contributed by atoms with Crippen molar-refractivity contribution in [3.05, 3.63) is 39.3 Å². The first-order valence-electron chi connectivity index (χ1n) is 6.26. The third-order valence-corrected chi connectivity index (χ3v) is 4.12. The minimum absolute atomic E-state index is 0.185. The van der Waals surface area contributed by atoms with Crippen molar-refractivity contribution in [2.75, 3.05) is 6.54 Å². The summed E-state index contributed by atoms with van der Waals surface area (Å²) in [6.45, 7) is 6.14. The molecular formula is C13H18ClN3S. The molecule has 2 rings (SSSR count). The van der Waals surface area contributed by atoms with E-state index < -0.39 is 0 Å². The maximum Gasteiger partial charge on any atom is 0.0931 e. The smallest absolute Gasteiger partial charge is 0.0931 e. The van der Waals surface area contributed by atoms with Crippen LogP contribution >= 0.6 is 22.9 Å². The molecule has 0 aliphatic heterocycles. The maximum atomic E-state index is 6.04. The molecule has 0 amide bonds. The number of rotatable bonds is 6. The van der Waals surface area contributed by atoms with Crippen molar-refractivity contribution in [2.24, 2.45) is 0 Å². The van der Waals surface area contributed by atoms with Gasteiger partial charge in [0, 0.05) is 17.6 Å². The predicted molar refractivity (Wildman–Crippen MR) is 77.4 cm³/mol. The van der Waals surface area contributed by atoms with E-state index in [0.29, 0.717) is 0 Å². The van der Waals surface area contributed by atoms with Gasteiger partial charge in [-0.3, -0.25) is 4.68 Å². The number of hydrogen-bond donors (Lipinski definition) is 1. The van der Waals surface area contributed by atoms with Crippen LogP contribution in [0.2, 0.25) is 4.34 Å². The fourth-order valence-corrected chi connectivity index (χ4v) is 3.12. The molecule has 1 N–H and O–H groups in total. The molecule has 0 fully saturated rings. The Morgan fingerprint density at radius 2 is 2.22 bits per heavy atom. The van der Waals surface area contributed by atoms with E-state index in [2.05, 4.69) is 36.4 Å². The van der Waals surface area contributed by atoms with E-state index in [-0.39, 0.29) is 6.04 Å². The third kappa shape index (κ3) is 2.94. The molecule has 0 aliphatic rings. The maximum absolute atomic E-state index is 6.04. The summed E-state index contributed by atoms with van der Waals surface area (Å²) in [5, 5.41) is 7.91. The van der Waals surface area contributed by atoms with Crippen LogP contribution in [-0.2, 0) is 6.54 Å². The first-order valence-corrected chi connectivity index (χ1v) is 7.46. The zero-order chi connectivity index (χ0) is 13.0. The molecule has 98 valence electrons. The third-order valence-electron chi connectivity index (χ3n) is 2.82. The molecule has 0 saturated heterocycles. The average molecular weight is 284 g/mol. The Hall–Kier alpha value is -0.840. The van der Waals surface area contributed by atoms with Gasteiger partial charge in [0.25, 0.3) is 0 Å². The summed E-state index contributed by atoms with van der Waals surface area (Å²) < 4.78 is 2.86. The highest BCUT2D eigenvalue weighted by Gasteiger charge is 2.18.